The van der Waals surface area contributed by atoms with Crippen molar-refractivity contribution in [3.05, 3.63) is 0 Å². The number of carboxylic acid groups (broad SMARTS) is 1. The molecular weight excluding hydrogens is 396 g/mol. The van der Waals surface area contributed by atoms with Crippen LogP contribution in [0.25, 0.3) is 0 Å². The third-order valence-corrected chi connectivity index (χ3v) is 6.17. The van der Waals surface area contributed by atoms with Crippen molar-refractivity contribution >= 4 is 5.97 Å². The first-order valence-corrected chi connectivity index (χ1v) is 12.9. The highest BCUT2D eigenvalue weighted by Crippen LogP contribution is 2.17. The number of unbranched alkanes of at least 4 members (excludes halogenated alkanes) is 19. The third-order valence-electron chi connectivity index (χ3n) is 6.17. The van der Waals surface area contributed by atoms with Gasteiger partial charge in [-0.25, -0.2) is 4.79 Å². The van der Waals surface area contributed by atoms with Gasteiger partial charge in [-0.05, 0) is 12.8 Å². The highest BCUT2D eigenvalue weighted by atomic mass is 16.6. The van der Waals surface area contributed by atoms with Crippen molar-refractivity contribution in [2.24, 2.45) is 0 Å². The molecule has 186 valence electrons. The van der Waals surface area contributed by atoms with Gasteiger partial charge in [0.25, 0.3) is 5.79 Å². The topological polar surface area (TPSA) is 118 Å². The van der Waals surface area contributed by atoms with Crippen LogP contribution in [0.1, 0.15) is 135 Å². The average molecular weight is 447 g/mol. The predicted molar refractivity (Wildman–Crippen MR) is 125 cm³/mol. The highest BCUT2D eigenvalue weighted by molar-refractivity contribution is 5.75. The highest BCUT2D eigenvalue weighted by Gasteiger charge is 2.41. The monoisotopic (exact) mass is 446 g/mol. The molecule has 1 atom stereocenters. The van der Waals surface area contributed by atoms with E-state index in [2.05, 4.69) is 0 Å². The van der Waals surface area contributed by atoms with Crippen LogP contribution in [-0.4, -0.2) is 50.0 Å². The minimum Gasteiger partial charge on any atom is -0.477 e. The number of hydrogen-bond donors (Lipinski definition) is 5. The zero-order chi connectivity index (χ0) is 23.2. The summed E-state index contributed by atoms with van der Waals surface area (Å²) in [6.45, 7) is 0.338. The fourth-order valence-corrected chi connectivity index (χ4v) is 3.98. The summed E-state index contributed by atoms with van der Waals surface area (Å²) in [5.74, 6) is -4.85. The summed E-state index contributed by atoms with van der Waals surface area (Å²) >= 11 is 0. The van der Waals surface area contributed by atoms with Gasteiger partial charge in [-0.3, -0.25) is 0 Å². The van der Waals surface area contributed by atoms with Crippen molar-refractivity contribution in [1.82, 2.24) is 0 Å². The fraction of sp³-hybridized carbons (Fsp3) is 0.960. The number of rotatable bonds is 24. The van der Waals surface area contributed by atoms with E-state index in [9.17, 15) is 20.1 Å². The van der Waals surface area contributed by atoms with E-state index in [0.29, 0.717) is 13.0 Å². The van der Waals surface area contributed by atoms with Crippen LogP contribution in [0, 0.1) is 0 Å². The third kappa shape index (κ3) is 18.6. The van der Waals surface area contributed by atoms with Crippen molar-refractivity contribution in [1.29, 1.82) is 0 Å². The Morgan fingerprint density at radius 2 is 0.806 bits per heavy atom. The number of hydrogen-bond acceptors (Lipinski definition) is 5. The second-order valence-electron chi connectivity index (χ2n) is 9.13. The predicted octanol–water partition coefficient (Wildman–Crippen LogP) is 5.30. The molecule has 0 aromatic rings. The van der Waals surface area contributed by atoms with Crippen molar-refractivity contribution in [2.75, 3.05) is 6.61 Å². The lowest BCUT2D eigenvalue weighted by Crippen LogP contribution is -2.49. The maximum absolute atomic E-state index is 10.6. The standard InChI is InChI=1S/C25H50O6/c26-22-20-18-16-14-12-10-8-6-4-2-1-3-5-7-9-11-13-15-17-19-21-23(27)25(30,31)24(28)29/h23,26-27,30-31H,1-22H2,(H,28,29). The molecule has 0 rings (SSSR count). The molecule has 5 N–H and O–H groups in total. The van der Waals surface area contributed by atoms with Gasteiger partial charge in [0.1, 0.15) is 6.10 Å². The summed E-state index contributed by atoms with van der Waals surface area (Å²) in [6, 6.07) is 0. The lowest BCUT2D eigenvalue weighted by molar-refractivity contribution is -0.237. The molecule has 1 unspecified atom stereocenters. The van der Waals surface area contributed by atoms with Gasteiger partial charge in [0, 0.05) is 6.61 Å². The Kier molecular flexibility index (Phi) is 20.7. The molecule has 0 amide bonds. The van der Waals surface area contributed by atoms with Gasteiger partial charge in [-0.2, -0.15) is 0 Å². The Labute approximate surface area is 190 Å². The Morgan fingerprint density at radius 1 is 0.548 bits per heavy atom. The summed E-state index contributed by atoms with van der Waals surface area (Å²) in [4.78, 5) is 10.6. The Balaban J connectivity index is 3.20. The molecule has 0 fully saturated rings. The molecule has 0 aliphatic rings. The average Bonchev–Trinajstić information content (AvgIpc) is 2.74. The molecule has 0 saturated carbocycles. The first kappa shape index (κ1) is 30.3. The molecule has 0 bridgehead atoms. The maximum Gasteiger partial charge on any atom is 0.366 e. The van der Waals surface area contributed by atoms with E-state index in [1.54, 1.807) is 0 Å². The lowest BCUT2D eigenvalue weighted by Gasteiger charge is -2.22. The van der Waals surface area contributed by atoms with Gasteiger partial charge in [0.15, 0.2) is 0 Å². The zero-order valence-corrected chi connectivity index (χ0v) is 19.8. The summed E-state index contributed by atoms with van der Waals surface area (Å²) in [5, 5.41) is 45.3. The molecule has 0 aliphatic heterocycles. The van der Waals surface area contributed by atoms with Crippen LogP contribution in [0.5, 0.6) is 0 Å². The molecule has 0 aliphatic carbocycles. The molecular formula is C25H50O6. The summed E-state index contributed by atoms with van der Waals surface area (Å²) in [6.07, 6.45) is 22.8. The molecule has 6 nitrogen and oxygen atoms in total. The smallest absolute Gasteiger partial charge is 0.366 e. The summed E-state index contributed by atoms with van der Waals surface area (Å²) in [5.41, 5.74) is 0. The van der Waals surface area contributed by atoms with Crippen molar-refractivity contribution in [3.63, 3.8) is 0 Å². The quantitative estimate of drug-likeness (QED) is 0.101. The minimum absolute atomic E-state index is 0.0880. The molecule has 0 radical (unpaired) electrons. The van der Waals surface area contributed by atoms with Crippen LogP contribution < -0.4 is 0 Å². The van der Waals surface area contributed by atoms with E-state index in [4.69, 9.17) is 10.2 Å². The molecule has 0 aromatic carbocycles. The number of aliphatic hydroxyl groups excluding tert-OH is 2. The van der Waals surface area contributed by atoms with Crippen LogP contribution in [-0.2, 0) is 4.79 Å². The van der Waals surface area contributed by atoms with Gasteiger partial charge >= 0.3 is 5.97 Å². The van der Waals surface area contributed by atoms with Crippen LogP contribution >= 0.6 is 0 Å². The van der Waals surface area contributed by atoms with Gasteiger partial charge < -0.3 is 25.5 Å². The van der Waals surface area contributed by atoms with Gasteiger partial charge in [0.2, 0.25) is 0 Å². The zero-order valence-electron chi connectivity index (χ0n) is 19.8. The van der Waals surface area contributed by atoms with Crippen LogP contribution in [0.15, 0.2) is 0 Å². The molecule has 0 saturated heterocycles. The molecule has 31 heavy (non-hydrogen) atoms. The van der Waals surface area contributed by atoms with Crippen LogP contribution in [0.4, 0.5) is 0 Å². The number of carboxylic acids is 1. The van der Waals surface area contributed by atoms with Crippen molar-refractivity contribution in [3.8, 4) is 0 Å². The Bertz CT molecular complexity index is 399. The van der Waals surface area contributed by atoms with E-state index in [1.807, 2.05) is 0 Å². The molecule has 6 heteroatoms. The van der Waals surface area contributed by atoms with E-state index in [-0.39, 0.29) is 6.42 Å². The largest absolute Gasteiger partial charge is 0.477 e. The van der Waals surface area contributed by atoms with Gasteiger partial charge in [-0.1, -0.05) is 122 Å². The second kappa shape index (κ2) is 21.2. The van der Waals surface area contributed by atoms with Crippen LogP contribution in [0.3, 0.4) is 0 Å². The van der Waals surface area contributed by atoms with Crippen molar-refractivity contribution < 1.29 is 30.3 Å². The van der Waals surface area contributed by atoms with Crippen molar-refractivity contribution in [2.45, 2.75) is 147 Å². The van der Waals surface area contributed by atoms with Gasteiger partial charge in [-0.15, -0.1) is 0 Å². The first-order chi connectivity index (χ1) is 14.9. The van der Waals surface area contributed by atoms with Gasteiger partial charge in [0.05, 0.1) is 0 Å². The lowest BCUT2D eigenvalue weighted by atomic mass is 10.0. The molecule has 0 aromatic heterocycles. The van der Waals surface area contributed by atoms with Crippen LogP contribution in [0.2, 0.25) is 0 Å². The number of aliphatic hydroxyl groups is 4. The maximum atomic E-state index is 10.6. The fourth-order valence-electron chi connectivity index (χ4n) is 3.98. The minimum atomic E-state index is -3.04. The molecule has 0 heterocycles. The summed E-state index contributed by atoms with van der Waals surface area (Å²) < 4.78 is 0. The van der Waals surface area contributed by atoms with E-state index < -0.39 is 17.9 Å². The van der Waals surface area contributed by atoms with E-state index in [1.165, 1.54) is 96.3 Å². The van der Waals surface area contributed by atoms with E-state index >= 15 is 0 Å². The SMILES string of the molecule is O=C(O)C(O)(O)C(O)CCCCCCCCCCCCCCCCCCCCCCO. The Morgan fingerprint density at radius 3 is 1.06 bits per heavy atom. The summed E-state index contributed by atoms with van der Waals surface area (Å²) in [7, 11) is 0. The number of aliphatic carboxylic acids is 1. The van der Waals surface area contributed by atoms with E-state index in [0.717, 1.165) is 25.7 Å². The first-order valence-electron chi connectivity index (χ1n) is 12.9. The normalized spacial score (nSPS) is 12.9. The second-order valence-corrected chi connectivity index (χ2v) is 9.13. The number of carbonyl (C=O) groups is 1. The Hall–Kier alpha value is -0.690. The molecule has 0 spiro atoms.